The van der Waals surface area contributed by atoms with Crippen molar-refractivity contribution in [2.24, 2.45) is 17.4 Å². The zero-order chi connectivity index (χ0) is 69.9. The highest BCUT2D eigenvalue weighted by Gasteiger charge is 2.37. The van der Waals surface area contributed by atoms with Crippen LogP contribution in [-0.2, 0) is 44.8 Å². The average molecular weight is 1360 g/mol. The molecule has 13 N–H and O–H groups in total. The lowest BCUT2D eigenvalue weighted by atomic mass is 9.95. The number of fused-ring (bicyclic) bond motifs is 4. The third-order valence-corrected chi connectivity index (χ3v) is 16.3. The van der Waals surface area contributed by atoms with Gasteiger partial charge in [0.25, 0.3) is 23.6 Å². The van der Waals surface area contributed by atoms with Gasteiger partial charge in [-0.25, -0.2) is 19.4 Å². The molecule has 6 aromatic rings. The van der Waals surface area contributed by atoms with E-state index in [0.29, 0.717) is 62.8 Å². The molecule has 0 aliphatic carbocycles. The molecule has 516 valence electrons. The average Bonchev–Trinajstić information content (AvgIpc) is 1.61. The van der Waals surface area contributed by atoms with Gasteiger partial charge in [0.1, 0.15) is 54.2 Å². The number of benzene rings is 4. The number of carbonyl (C=O) groups is 10. The third-order valence-electron chi connectivity index (χ3n) is 15.9. The van der Waals surface area contributed by atoms with Crippen LogP contribution in [0, 0.1) is 5.92 Å². The van der Waals surface area contributed by atoms with Gasteiger partial charge >= 0.3 is 24.2 Å². The summed E-state index contributed by atoms with van der Waals surface area (Å²) in [6.45, 7) is 3.21. The smallest absolute Gasteiger partial charge is 0.415 e. The van der Waals surface area contributed by atoms with Crippen molar-refractivity contribution in [1.29, 1.82) is 0 Å². The van der Waals surface area contributed by atoms with Gasteiger partial charge in [-0.1, -0.05) is 50.2 Å². The van der Waals surface area contributed by atoms with Gasteiger partial charge in [-0.05, 0) is 110 Å². The molecule has 0 bridgehead atoms. The summed E-state index contributed by atoms with van der Waals surface area (Å²) in [7, 11) is 1.47. The number of rotatable bonds is 33. The first kappa shape index (κ1) is 72.6. The number of hydrogen-bond donors (Lipinski definition) is 11. The molecule has 8 rings (SSSR count). The number of anilines is 3. The van der Waals surface area contributed by atoms with Crippen molar-refractivity contribution in [2.45, 2.75) is 83.0 Å². The first-order valence-corrected chi connectivity index (χ1v) is 31.8. The normalized spacial score (nSPS) is 14.6. The topological polar surface area (TPSA) is 422 Å². The van der Waals surface area contributed by atoms with Crippen molar-refractivity contribution in [3.8, 4) is 11.5 Å². The summed E-state index contributed by atoms with van der Waals surface area (Å²) in [4.78, 5) is 143. The minimum Gasteiger partial charge on any atom is -0.508 e. The highest BCUT2D eigenvalue weighted by molar-refractivity contribution is 6.19. The van der Waals surface area contributed by atoms with Crippen LogP contribution < -0.4 is 47.7 Å². The largest absolute Gasteiger partial charge is 0.508 e. The number of phenols is 1. The quantitative estimate of drug-likeness (QED) is 0.0111. The Hall–Kier alpha value is -10.2. The molecular formula is C66H78ClN13O17. The number of halogens is 1. The number of amides is 9. The molecule has 4 heterocycles. The lowest BCUT2D eigenvalue weighted by molar-refractivity contribution is -0.139. The number of hydrogen-bond acceptors (Lipinski definition) is 20. The summed E-state index contributed by atoms with van der Waals surface area (Å²) in [5.74, 6) is -4.78. The second kappa shape index (κ2) is 34.4. The van der Waals surface area contributed by atoms with Gasteiger partial charge in [0, 0.05) is 85.3 Å². The van der Waals surface area contributed by atoms with E-state index in [2.05, 4.69) is 36.6 Å². The SMILES string of the molecule is CC(C)[C@H](NC(=O)OCCOCCN1C(=O)C=CC1=O)C(=O)N[C@@H](CCCNC(N)O)C(=O)Nc1ccc(COC(=O)N(C)CCN(CCCC[C@H](N)C(=O)O)C(=O)Oc2cc3c(c4ccccc24)[C@H](CCl)CN3C(=O)c2cc3cc(NC(=O)c4ccc(O)cc4)cnc3[nH]2)cc1. The van der Waals surface area contributed by atoms with Crippen molar-refractivity contribution in [3.05, 3.63) is 132 Å². The van der Waals surface area contributed by atoms with Gasteiger partial charge in [0.05, 0.1) is 37.3 Å². The molecule has 31 heteroatoms. The number of unbranched alkanes of at least 4 members (excludes halogenated alkanes) is 1. The number of nitrogens with two attached hydrogens (primary N) is 2. The van der Waals surface area contributed by atoms with Gasteiger partial charge in [0.15, 0.2) is 6.35 Å². The molecule has 2 aliphatic heterocycles. The van der Waals surface area contributed by atoms with Crippen molar-refractivity contribution in [2.75, 3.05) is 87.6 Å². The number of carboxylic acids is 1. The van der Waals surface area contributed by atoms with Crippen LogP contribution in [-0.4, -0.2) is 196 Å². The fourth-order valence-electron chi connectivity index (χ4n) is 10.6. The Morgan fingerprint density at radius 2 is 1.52 bits per heavy atom. The maximum absolute atomic E-state index is 14.6. The Bertz CT molecular complexity index is 3850. The summed E-state index contributed by atoms with van der Waals surface area (Å²) < 4.78 is 22.4. The number of alkyl halides is 1. The van der Waals surface area contributed by atoms with Gasteiger partial charge in [-0.2, -0.15) is 0 Å². The highest BCUT2D eigenvalue weighted by atomic mass is 35.5. The second-order valence-electron chi connectivity index (χ2n) is 23.3. The Balaban J connectivity index is 0.876. The van der Waals surface area contributed by atoms with Crippen LogP contribution in [0.5, 0.6) is 11.5 Å². The fraction of sp³-hybridized carbons (Fsp3) is 0.379. The molecule has 1 unspecified atom stereocenters. The predicted molar refractivity (Wildman–Crippen MR) is 355 cm³/mol. The number of aliphatic carboxylic acids is 1. The molecule has 30 nitrogen and oxygen atoms in total. The highest BCUT2D eigenvalue weighted by Crippen LogP contribution is 2.46. The molecule has 4 aromatic carbocycles. The molecule has 0 fully saturated rings. The molecule has 5 atom stereocenters. The van der Waals surface area contributed by atoms with Crippen LogP contribution in [0.2, 0.25) is 0 Å². The van der Waals surface area contributed by atoms with Gasteiger partial charge in [-0.15, -0.1) is 11.6 Å². The molecule has 2 aromatic heterocycles. The van der Waals surface area contributed by atoms with Gasteiger partial charge in [-0.3, -0.25) is 49.5 Å². The zero-order valence-electron chi connectivity index (χ0n) is 53.5. The molecule has 0 saturated carbocycles. The van der Waals surface area contributed by atoms with E-state index in [9.17, 15) is 63.3 Å². The summed E-state index contributed by atoms with van der Waals surface area (Å²) in [6, 6.07) is 20.8. The summed E-state index contributed by atoms with van der Waals surface area (Å²) in [5.41, 5.74) is 14.5. The number of alkyl carbamates (subject to hydrolysis) is 1. The van der Waals surface area contributed by atoms with E-state index in [-0.39, 0.29) is 114 Å². The number of nitrogens with zero attached hydrogens (tertiary/aromatic N) is 5. The number of aromatic nitrogens is 2. The number of ether oxygens (including phenoxy) is 4. The number of nitrogens with one attached hydrogen (secondary N) is 6. The number of aromatic hydroxyl groups is 1. The van der Waals surface area contributed by atoms with Crippen molar-refractivity contribution in [3.63, 3.8) is 0 Å². The molecule has 2 aliphatic rings. The van der Waals surface area contributed by atoms with E-state index in [1.807, 2.05) is 12.1 Å². The standard InChI is InChI=1S/C66H78ClN13O17/c1-38(2)56(76-64(91)95-30-29-94-28-27-79-53(82)21-22-54(79)83)60(86)75-49(12-8-23-70-63(69)90)59(85)72-43-17-13-39(14-18-43)37-96-65(92)77(3)25-26-78(24-7-6-11-48(68)62(88)89)66(93)97-52-33-51-55(47-10-5-4-9-46(47)52)42(34-67)36-80(51)61(87)50-32-41-31-44(35-71-57(41)74-50)73-58(84)40-15-19-45(81)20-16-40/h4-5,9-10,13-22,31-33,35,38,42,48-49,56,63,70,81,90H,6-8,11-12,23-30,34,36-37,68-69H2,1-3H3,(H,71,74)(H,72,85)(H,73,84)(H,75,86)(H,76,91)(H,88,89)/t42-,48+,49+,56+,63?/m1/s1. The van der Waals surface area contributed by atoms with E-state index < -0.39 is 90.1 Å². The Labute approximate surface area is 561 Å². The maximum Gasteiger partial charge on any atom is 0.415 e. The molecular weight excluding hydrogens is 1280 g/mol. The van der Waals surface area contributed by atoms with E-state index >= 15 is 0 Å². The van der Waals surface area contributed by atoms with Crippen molar-refractivity contribution >= 4 is 110 Å². The minimum absolute atomic E-state index is 0.00740. The van der Waals surface area contributed by atoms with E-state index in [0.717, 1.165) is 22.6 Å². The Morgan fingerprint density at radius 3 is 2.21 bits per heavy atom. The number of imide groups is 1. The number of aliphatic hydroxyl groups is 1. The number of pyridine rings is 1. The number of carboxylic acid groups (broad SMARTS) is 1. The zero-order valence-corrected chi connectivity index (χ0v) is 54.3. The number of aliphatic hydroxyl groups excluding tert-OH is 1. The lowest BCUT2D eigenvalue weighted by Crippen LogP contribution is -2.54. The third kappa shape index (κ3) is 19.9. The maximum atomic E-state index is 14.6. The summed E-state index contributed by atoms with van der Waals surface area (Å²) in [6.07, 6.45) is 1.05. The van der Waals surface area contributed by atoms with E-state index in [1.54, 1.807) is 73.3 Å². The fourth-order valence-corrected chi connectivity index (χ4v) is 10.9. The molecule has 97 heavy (non-hydrogen) atoms. The number of carbonyl (C=O) groups excluding carboxylic acids is 9. The second-order valence-corrected chi connectivity index (χ2v) is 23.6. The van der Waals surface area contributed by atoms with Gasteiger partial charge < -0.3 is 81.0 Å². The number of aromatic amines is 1. The van der Waals surface area contributed by atoms with Gasteiger partial charge in [0.2, 0.25) is 11.8 Å². The van der Waals surface area contributed by atoms with Crippen LogP contribution in [0.3, 0.4) is 0 Å². The van der Waals surface area contributed by atoms with Crippen LogP contribution in [0.25, 0.3) is 21.8 Å². The summed E-state index contributed by atoms with van der Waals surface area (Å²) >= 11 is 6.61. The Kier molecular flexibility index (Phi) is 25.8. The lowest BCUT2D eigenvalue weighted by Gasteiger charge is -2.26. The minimum atomic E-state index is -1.32. The van der Waals surface area contributed by atoms with Crippen molar-refractivity contribution in [1.82, 2.24) is 40.6 Å². The number of H-pyrrole nitrogens is 1. The molecule has 0 saturated heterocycles. The van der Waals surface area contributed by atoms with Crippen molar-refractivity contribution < 1.29 is 82.2 Å². The van der Waals surface area contributed by atoms with E-state index in [4.69, 9.17) is 42.0 Å². The van der Waals surface area contributed by atoms with E-state index in [1.165, 1.54) is 47.3 Å². The monoisotopic (exact) mass is 1360 g/mol. The van der Waals surface area contributed by atoms with Crippen LogP contribution >= 0.6 is 11.6 Å². The molecule has 9 amide bonds. The first-order chi connectivity index (χ1) is 46.5. The number of likely N-dealkylation sites (N-methyl/N-ethyl adjacent to an activating group) is 1. The molecule has 0 spiro atoms. The summed E-state index contributed by atoms with van der Waals surface area (Å²) in [5, 5.41) is 43.8. The number of phenolic OH excluding ortho intramolecular Hbond substituents is 1. The molecule has 0 radical (unpaired) electrons. The first-order valence-electron chi connectivity index (χ1n) is 31.3. The predicted octanol–water partition coefficient (Wildman–Crippen LogP) is 5.03. The Morgan fingerprint density at radius 1 is 0.794 bits per heavy atom. The van der Waals surface area contributed by atoms with Crippen LogP contribution in [0.4, 0.5) is 31.4 Å². The van der Waals surface area contributed by atoms with Crippen LogP contribution in [0.15, 0.2) is 109 Å². The van der Waals surface area contributed by atoms with Crippen LogP contribution in [0.1, 0.15) is 83.8 Å².